The molecule has 1 heterocycles. The first-order chi connectivity index (χ1) is 15.3. The molecule has 1 aromatic carbocycles. The average Bonchev–Trinajstić information content (AvgIpc) is 2.83. The molecule has 0 aliphatic heterocycles. The molecule has 0 atom stereocenters. The molecule has 3 rings (SSSR count). The van der Waals surface area contributed by atoms with Crippen LogP contribution in [-0.4, -0.2) is 11.6 Å². The standard InChI is InChI=1S/C29H43NO/c1-3-5-6-7-8-9-24-10-12-25(13-11-24)14-15-26-16-21-29(30-23-26)27-17-19-28(20-18-27)31-22-4-2/h16-21,23-25H,3-15,22H2,1-2H3/t24-,25-. The fourth-order valence-electron chi connectivity index (χ4n) is 4.90. The van der Waals surface area contributed by atoms with Crippen molar-refractivity contribution in [3.63, 3.8) is 0 Å². The van der Waals surface area contributed by atoms with Gasteiger partial charge in [-0.3, -0.25) is 4.98 Å². The van der Waals surface area contributed by atoms with E-state index >= 15 is 0 Å². The highest BCUT2D eigenvalue weighted by Crippen LogP contribution is 2.34. The van der Waals surface area contributed by atoms with Gasteiger partial charge in [0.1, 0.15) is 5.75 Å². The zero-order chi connectivity index (χ0) is 21.7. The predicted molar refractivity (Wildman–Crippen MR) is 133 cm³/mol. The first-order valence-electron chi connectivity index (χ1n) is 13.0. The molecule has 31 heavy (non-hydrogen) atoms. The Labute approximate surface area is 190 Å². The number of benzene rings is 1. The fourth-order valence-corrected chi connectivity index (χ4v) is 4.90. The number of unbranched alkanes of at least 4 members (excludes halogenated alkanes) is 4. The van der Waals surface area contributed by atoms with Gasteiger partial charge in [0.15, 0.2) is 0 Å². The van der Waals surface area contributed by atoms with Gasteiger partial charge in [-0.2, -0.15) is 0 Å². The Morgan fingerprint density at radius 3 is 2.13 bits per heavy atom. The Hall–Kier alpha value is -1.83. The minimum absolute atomic E-state index is 0.771. The molecule has 1 aliphatic carbocycles. The summed E-state index contributed by atoms with van der Waals surface area (Å²) in [5.41, 5.74) is 3.58. The van der Waals surface area contributed by atoms with Crippen molar-refractivity contribution in [2.45, 2.75) is 97.3 Å². The molecular formula is C29H43NO. The Morgan fingerprint density at radius 1 is 0.774 bits per heavy atom. The second kappa shape index (κ2) is 13.6. The summed E-state index contributed by atoms with van der Waals surface area (Å²) in [5.74, 6) is 2.87. The van der Waals surface area contributed by atoms with Gasteiger partial charge in [-0.05, 0) is 67.0 Å². The van der Waals surface area contributed by atoms with Crippen LogP contribution in [0, 0.1) is 11.8 Å². The lowest BCUT2D eigenvalue weighted by molar-refractivity contribution is 0.248. The summed E-state index contributed by atoms with van der Waals surface area (Å²) in [6, 6.07) is 12.7. The van der Waals surface area contributed by atoms with E-state index in [-0.39, 0.29) is 0 Å². The van der Waals surface area contributed by atoms with Crippen LogP contribution in [0.3, 0.4) is 0 Å². The summed E-state index contributed by atoms with van der Waals surface area (Å²) in [4.78, 5) is 4.73. The van der Waals surface area contributed by atoms with Gasteiger partial charge < -0.3 is 4.74 Å². The van der Waals surface area contributed by atoms with Gasteiger partial charge in [0, 0.05) is 11.8 Å². The van der Waals surface area contributed by atoms with Crippen LogP contribution in [0.4, 0.5) is 0 Å². The van der Waals surface area contributed by atoms with Crippen molar-refractivity contribution in [1.29, 1.82) is 0 Å². The summed E-state index contributed by atoms with van der Waals surface area (Å²) in [7, 11) is 0. The Balaban J connectivity index is 1.36. The minimum Gasteiger partial charge on any atom is -0.494 e. The van der Waals surface area contributed by atoms with E-state index in [0.717, 1.165) is 41.9 Å². The van der Waals surface area contributed by atoms with E-state index in [1.54, 1.807) is 0 Å². The molecule has 1 aromatic heterocycles. The van der Waals surface area contributed by atoms with E-state index in [9.17, 15) is 0 Å². The number of aromatic nitrogens is 1. The number of aryl methyl sites for hydroxylation is 1. The van der Waals surface area contributed by atoms with Crippen molar-refractivity contribution in [1.82, 2.24) is 4.98 Å². The third-order valence-corrected chi connectivity index (χ3v) is 6.97. The topological polar surface area (TPSA) is 22.1 Å². The molecule has 1 aliphatic rings. The maximum Gasteiger partial charge on any atom is 0.119 e. The molecule has 1 saturated carbocycles. The summed E-state index contributed by atoms with van der Waals surface area (Å²) >= 11 is 0. The molecule has 2 nitrogen and oxygen atoms in total. The molecule has 170 valence electrons. The maximum atomic E-state index is 5.67. The Kier molecular flexibility index (Phi) is 10.4. The number of hydrogen-bond donors (Lipinski definition) is 0. The van der Waals surface area contributed by atoms with Gasteiger partial charge in [0.2, 0.25) is 0 Å². The largest absolute Gasteiger partial charge is 0.494 e. The normalized spacial score (nSPS) is 18.8. The monoisotopic (exact) mass is 421 g/mol. The van der Waals surface area contributed by atoms with Crippen molar-refractivity contribution in [2.24, 2.45) is 11.8 Å². The van der Waals surface area contributed by atoms with Crippen LogP contribution in [0.5, 0.6) is 5.75 Å². The van der Waals surface area contributed by atoms with Crippen LogP contribution < -0.4 is 4.74 Å². The van der Waals surface area contributed by atoms with Crippen molar-refractivity contribution in [3.8, 4) is 17.0 Å². The van der Waals surface area contributed by atoms with Gasteiger partial charge >= 0.3 is 0 Å². The van der Waals surface area contributed by atoms with Crippen LogP contribution in [0.15, 0.2) is 42.6 Å². The van der Waals surface area contributed by atoms with Gasteiger partial charge in [0.05, 0.1) is 12.3 Å². The van der Waals surface area contributed by atoms with Gasteiger partial charge in [-0.1, -0.05) is 84.1 Å². The van der Waals surface area contributed by atoms with E-state index in [1.807, 2.05) is 12.1 Å². The molecule has 0 bridgehead atoms. The fraction of sp³-hybridized carbons (Fsp3) is 0.621. The van der Waals surface area contributed by atoms with Gasteiger partial charge in [-0.25, -0.2) is 0 Å². The van der Waals surface area contributed by atoms with Crippen LogP contribution in [-0.2, 0) is 6.42 Å². The van der Waals surface area contributed by atoms with E-state index in [4.69, 9.17) is 9.72 Å². The van der Waals surface area contributed by atoms with Crippen molar-refractivity contribution >= 4 is 0 Å². The lowest BCUT2D eigenvalue weighted by Crippen LogP contribution is -2.15. The number of pyridine rings is 1. The van der Waals surface area contributed by atoms with Crippen molar-refractivity contribution in [2.75, 3.05) is 6.61 Å². The van der Waals surface area contributed by atoms with E-state index in [1.165, 1.54) is 82.6 Å². The summed E-state index contributed by atoms with van der Waals surface area (Å²) in [5, 5.41) is 0. The molecular weight excluding hydrogens is 378 g/mol. The zero-order valence-corrected chi connectivity index (χ0v) is 20.0. The molecule has 0 unspecified atom stereocenters. The van der Waals surface area contributed by atoms with Crippen LogP contribution in [0.25, 0.3) is 11.3 Å². The molecule has 0 radical (unpaired) electrons. The highest BCUT2D eigenvalue weighted by Gasteiger charge is 2.20. The van der Waals surface area contributed by atoms with Crippen LogP contribution in [0.2, 0.25) is 0 Å². The summed E-state index contributed by atoms with van der Waals surface area (Å²) < 4.78 is 5.67. The molecule has 0 saturated heterocycles. The lowest BCUT2D eigenvalue weighted by atomic mass is 9.78. The Bertz CT molecular complexity index is 713. The number of ether oxygens (including phenoxy) is 1. The van der Waals surface area contributed by atoms with Crippen LogP contribution >= 0.6 is 0 Å². The number of hydrogen-bond acceptors (Lipinski definition) is 2. The molecule has 0 amide bonds. The zero-order valence-electron chi connectivity index (χ0n) is 20.0. The number of rotatable bonds is 13. The van der Waals surface area contributed by atoms with Crippen molar-refractivity contribution in [3.05, 3.63) is 48.2 Å². The van der Waals surface area contributed by atoms with E-state index < -0.39 is 0 Å². The molecule has 2 aromatic rings. The summed E-state index contributed by atoms with van der Waals surface area (Å²) in [6.45, 7) is 5.20. The maximum absolute atomic E-state index is 5.67. The van der Waals surface area contributed by atoms with E-state index in [0.29, 0.717) is 0 Å². The van der Waals surface area contributed by atoms with Crippen molar-refractivity contribution < 1.29 is 4.74 Å². The molecule has 0 N–H and O–H groups in total. The SMILES string of the molecule is CCCCCCC[C@H]1CC[C@H](CCc2ccc(-c3ccc(OCCC)cc3)nc2)CC1. The molecule has 1 fully saturated rings. The second-order valence-electron chi connectivity index (χ2n) is 9.55. The quantitative estimate of drug-likeness (QED) is 0.302. The first-order valence-corrected chi connectivity index (χ1v) is 13.0. The molecule has 2 heteroatoms. The van der Waals surface area contributed by atoms with E-state index in [2.05, 4.69) is 44.3 Å². The van der Waals surface area contributed by atoms with Gasteiger partial charge in [-0.15, -0.1) is 0 Å². The Morgan fingerprint density at radius 2 is 1.48 bits per heavy atom. The average molecular weight is 422 g/mol. The van der Waals surface area contributed by atoms with Crippen LogP contribution in [0.1, 0.15) is 96.5 Å². The highest BCUT2D eigenvalue weighted by atomic mass is 16.5. The molecule has 0 spiro atoms. The summed E-state index contributed by atoms with van der Waals surface area (Å²) in [6.07, 6.45) is 20.0. The lowest BCUT2D eigenvalue weighted by Gasteiger charge is -2.28. The smallest absolute Gasteiger partial charge is 0.119 e. The highest BCUT2D eigenvalue weighted by molar-refractivity contribution is 5.60. The third kappa shape index (κ3) is 8.31. The van der Waals surface area contributed by atoms with Gasteiger partial charge in [0.25, 0.3) is 0 Å². The third-order valence-electron chi connectivity index (χ3n) is 6.97. The predicted octanol–water partition coefficient (Wildman–Crippen LogP) is 8.64. The minimum atomic E-state index is 0.771. The number of nitrogens with zero attached hydrogens (tertiary/aromatic N) is 1. The second-order valence-corrected chi connectivity index (χ2v) is 9.55. The first kappa shape index (κ1) is 23.8.